The normalized spacial score (nSPS) is 31.1. The zero-order chi connectivity index (χ0) is 21.9. The van der Waals surface area contributed by atoms with Crippen LogP contribution in [-0.4, -0.2) is 71.4 Å². The quantitative estimate of drug-likeness (QED) is 0.404. The first-order chi connectivity index (χ1) is 13.4. The molecule has 1 unspecified atom stereocenters. The largest absolute Gasteiger partial charge is 0.463 e. The van der Waals surface area contributed by atoms with E-state index in [9.17, 15) is 24.0 Å². The molecule has 0 spiro atoms. The Balaban J connectivity index is 2.35. The van der Waals surface area contributed by atoms with Gasteiger partial charge in [0.25, 0.3) is 0 Å². The van der Waals surface area contributed by atoms with Crippen molar-refractivity contribution in [3.8, 4) is 0 Å². The lowest BCUT2D eigenvalue weighted by Crippen LogP contribution is -2.66. The second-order valence-corrected chi connectivity index (χ2v) is 6.59. The molecule has 2 amide bonds. The maximum atomic E-state index is 12.6. The molecule has 0 aromatic rings. The number of urea groups is 1. The van der Waals surface area contributed by atoms with Crippen LogP contribution in [-0.2, 0) is 38.1 Å². The van der Waals surface area contributed by atoms with Crippen LogP contribution in [0.15, 0.2) is 12.3 Å². The Morgan fingerprint density at radius 3 is 2.17 bits per heavy atom. The highest BCUT2D eigenvalue weighted by molar-refractivity contribution is 5.93. The van der Waals surface area contributed by atoms with Gasteiger partial charge in [0.15, 0.2) is 29.9 Å². The summed E-state index contributed by atoms with van der Waals surface area (Å²) in [5, 5.41) is 2.33. The van der Waals surface area contributed by atoms with Crippen molar-refractivity contribution in [1.82, 2.24) is 10.2 Å². The summed E-state index contributed by atoms with van der Waals surface area (Å²) >= 11 is 0. The van der Waals surface area contributed by atoms with Crippen LogP contribution < -0.4 is 11.1 Å². The summed E-state index contributed by atoms with van der Waals surface area (Å²) in [6.45, 7) is 4.35. The van der Waals surface area contributed by atoms with E-state index >= 15 is 0 Å². The standard InChI is InChI=1S/C17H23N3O9/c1-8(21)17(18)5-6-20(16(25)19-17)15-14(28-11(4)24)13(27-10(3)23)12(29-15)7-26-9(2)22/h5-6,12-15H,7,18H2,1-4H3,(H,19,25)/t12-,13-,14-,15-,17?/m1/s1. The number of nitrogens with two attached hydrogens (primary N) is 1. The zero-order valence-corrected chi connectivity index (χ0v) is 16.4. The van der Waals surface area contributed by atoms with E-state index in [2.05, 4.69) is 5.32 Å². The molecule has 29 heavy (non-hydrogen) atoms. The molecular weight excluding hydrogens is 390 g/mol. The molecule has 160 valence electrons. The van der Waals surface area contributed by atoms with Gasteiger partial charge >= 0.3 is 23.9 Å². The molecule has 0 radical (unpaired) electrons. The van der Waals surface area contributed by atoms with Crippen molar-refractivity contribution in [3.63, 3.8) is 0 Å². The molecule has 12 heteroatoms. The van der Waals surface area contributed by atoms with E-state index < -0.39 is 59.9 Å². The number of ketones is 1. The number of carbonyl (C=O) groups is 5. The molecule has 12 nitrogen and oxygen atoms in total. The van der Waals surface area contributed by atoms with E-state index in [1.165, 1.54) is 26.1 Å². The smallest absolute Gasteiger partial charge is 0.325 e. The van der Waals surface area contributed by atoms with E-state index in [0.717, 1.165) is 18.7 Å². The van der Waals surface area contributed by atoms with Crippen LogP contribution >= 0.6 is 0 Å². The first kappa shape index (κ1) is 22.3. The Morgan fingerprint density at radius 1 is 1.10 bits per heavy atom. The number of nitrogens with zero attached hydrogens (tertiary/aromatic N) is 1. The van der Waals surface area contributed by atoms with Gasteiger partial charge in [-0.1, -0.05) is 0 Å². The van der Waals surface area contributed by atoms with Crippen LogP contribution in [0.25, 0.3) is 0 Å². The van der Waals surface area contributed by atoms with Crippen molar-refractivity contribution in [1.29, 1.82) is 0 Å². The predicted molar refractivity (Wildman–Crippen MR) is 93.5 cm³/mol. The van der Waals surface area contributed by atoms with Gasteiger partial charge in [-0.2, -0.15) is 0 Å². The first-order valence-electron chi connectivity index (χ1n) is 8.67. The minimum atomic E-state index is -1.70. The number of rotatable bonds is 6. The van der Waals surface area contributed by atoms with E-state index in [-0.39, 0.29) is 6.61 Å². The summed E-state index contributed by atoms with van der Waals surface area (Å²) in [6, 6.07) is -0.804. The van der Waals surface area contributed by atoms with Crippen LogP contribution in [0.3, 0.4) is 0 Å². The van der Waals surface area contributed by atoms with Gasteiger partial charge in [0.05, 0.1) is 0 Å². The molecule has 0 aliphatic carbocycles. The first-order valence-corrected chi connectivity index (χ1v) is 8.67. The zero-order valence-electron chi connectivity index (χ0n) is 16.4. The lowest BCUT2D eigenvalue weighted by Gasteiger charge is -2.36. The molecule has 1 saturated heterocycles. The van der Waals surface area contributed by atoms with Crippen LogP contribution in [0.2, 0.25) is 0 Å². The van der Waals surface area contributed by atoms with Gasteiger partial charge in [-0.15, -0.1) is 0 Å². The average molecular weight is 413 g/mol. The Bertz CT molecular complexity index is 752. The van der Waals surface area contributed by atoms with Gasteiger partial charge in [-0.25, -0.2) is 4.79 Å². The van der Waals surface area contributed by atoms with Crippen molar-refractivity contribution < 1.29 is 42.9 Å². The fourth-order valence-electron chi connectivity index (χ4n) is 2.87. The molecule has 2 aliphatic rings. The number of carbonyl (C=O) groups excluding carboxylic acids is 5. The van der Waals surface area contributed by atoms with Gasteiger partial charge in [0.1, 0.15) is 12.7 Å². The van der Waals surface area contributed by atoms with Crippen molar-refractivity contribution >= 4 is 29.7 Å². The Kier molecular flexibility index (Phi) is 6.59. The number of esters is 3. The van der Waals surface area contributed by atoms with Gasteiger partial charge in [0, 0.05) is 27.0 Å². The van der Waals surface area contributed by atoms with E-state index in [1.54, 1.807) is 0 Å². The van der Waals surface area contributed by atoms with Gasteiger partial charge in [-0.3, -0.25) is 29.8 Å². The highest BCUT2D eigenvalue weighted by Crippen LogP contribution is 2.31. The Labute approximate surface area is 166 Å². The summed E-state index contributed by atoms with van der Waals surface area (Å²) in [4.78, 5) is 59.5. The molecule has 0 bridgehead atoms. The van der Waals surface area contributed by atoms with Crippen molar-refractivity contribution in [2.45, 2.75) is 57.9 Å². The number of nitrogens with one attached hydrogen (secondary N) is 1. The summed E-state index contributed by atoms with van der Waals surface area (Å²) < 4.78 is 21.1. The van der Waals surface area contributed by atoms with Crippen LogP contribution in [0, 0.1) is 0 Å². The second kappa shape index (κ2) is 8.57. The van der Waals surface area contributed by atoms with E-state index in [0.29, 0.717) is 0 Å². The minimum Gasteiger partial charge on any atom is -0.463 e. The predicted octanol–water partition coefficient (Wildman–Crippen LogP) is -1.08. The molecule has 0 aromatic heterocycles. The van der Waals surface area contributed by atoms with Crippen molar-refractivity contribution in [3.05, 3.63) is 12.3 Å². The SMILES string of the molecule is CC(=O)OC[C@H]1O[C@@H](N2C=CC(N)(C(C)=O)NC2=O)[C@H](OC(C)=O)[C@@H]1OC(C)=O. The van der Waals surface area contributed by atoms with E-state index in [4.69, 9.17) is 24.7 Å². The fraction of sp³-hybridized carbons (Fsp3) is 0.588. The topological polar surface area (TPSA) is 164 Å². The number of amides is 2. The fourth-order valence-corrected chi connectivity index (χ4v) is 2.87. The van der Waals surface area contributed by atoms with Crippen molar-refractivity contribution in [2.24, 2.45) is 5.73 Å². The molecule has 5 atom stereocenters. The monoisotopic (exact) mass is 413 g/mol. The number of hydrogen-bond donors (Lipinski definition) is 2. The molecule has 0 saturated carbocycles. The maximum absolute atomic E-state index is 12.6. The summed E-state index contributed by atoms with van der Waals surface area (Å²) in [5.74, 6) is -2.52. The van der Waals surface area contributed by atoms with E-state index in [1.807, 2.05) is 0 Å². The molecule has 2 aliphatic heterocycles. The van der Waals surface area contributed by atoms with Gasteiger partial charge in [-0.05, 0) is 13.0 Å². The second-order valence-electron chi connectivity index (χ2n) is 6.59. The highest BCUT2D eigenvalue weighted by Gasteiger charge is 2.53. The summed E-state index contributed by atoms with van der Waals surface area (Å²) in [7, 11) is 0. The lowest BCUT2D eigenvalue weighted by atomic mass is 10.1. The lowest BCUT2D eigenvalue weighted by molar-refractivity contribution is -0.166. The van der Waals surface area contributed by atoms with Crippen molar-refractivity contribution in [2.75, 3.05) is 6.61 Å². The molecule has 2 rings (SSSR count). The van der Waals surface area contributed by atoms with Crippen LogP contribution in [0.5, 0.6) is 0 Å². The minimum absolute atomic E-state index is 0.311. The van der Waals surface area contributed by atoms with Gasteiger partial charge < -0.3 is 24.3 Å². The summed E-state index contributed by atoms with van der Waals surface area (Å²) in [6.07, 6.45) is -2.19. The molecular formula is C17H23N3O9. The highest BCUT2D eigenvalue weighted by atomic mass is 16.7. The molecule has 1 fully saturated rings. The molecule has 3 N–H and O–H groups in total. The van der Waals surface area contributed by atoms with Crippen LogP contribution in [0.4, 0.5) is 4.79 Å². The Hall–Kier alpha value is -2.99. The summed E-state index contributed by atoms with van der Waals surface area (Å²) in [5.41, 5.74) is 4.12. The number of Topliss-reactive ketones (excluding diaryl/α,β-unsaturated/α-hetero) is 1. The number of hydrogen-bond acceptors (Lipinski definition) is 10. The molecule has 0 aromatic carbocycles. The third kappa shape index (κ3) is 5.09. The third-order valence-electron chi connectivity index (χ3n) is 4.24. The van der Waals surface area contributed by atoms with Crippen LogP contribution in [0.1, 0.15) is 27.7 Å². The maximum Gasteiger partial charge on any atom is 0.325 e. The number of ether oxygens (including phenoxy) is 4. The molecule has 2 heterocycles. The van der Waals surface area contributed by atoms with Gasteiger partial charge in [0.2, 0.25) is 0 Å². The third-order valence-corrected chi connectivity index (χ3v) is 4.24. The average Bonchev–Trinajstić information content (AvgIpc) is 2.89. The Morgan fingerprint density at radius 2 is 1.69 bits per heavy atom.